The number of aromatic nitrogens is 3. The van der Waals surface area contributed by atoms with E-state index in [2.05, 4.69) is 28.9 Å². The zero-order chi connectivity index (χ0) is 23.2. The molecule has 7 nitrogen and oxygen atoms in total. The van der Waals surface area contributed by atoms with E-state index in [1.165, 1.54) is 5.69 Å². The van der Waals surface area contributed by atoms with E-state index in [-0.39, 0.29) is 5.91 Å². The summed E-state index contributed by atoms with van der Waals surface area (Å²) in [4.78, 5) is 20.8. The number of carbonyl (C=O) groups is 1. The van der Waals surface area contributed by atoms with Gasteiger partial charge in [-0.3, -0.25) is 9.48 Å². The monoisotopic (exact) mass is 463 g/mol. The van der Waals surface area contributed by atoms with E-state index >= 15 is 0 Å². The van der Waals surface area contributed by atoms with Gasteiger partial charge in [0.1, 0.15) is 12.0 Å². The Morgan fingerprint density at radius 1 is 1.18 bits per heavy atom. The highest BCUT2D eigenvalue weighted by molar-refractivity contribution is 5.97. The average Bonchev–Trinajstić information content (AvgIpc) is 3.47. The molecule has 34 heavy (non-hydrogen) atoms. The number of halogens is 1. The minimum atomic E-state index is -0.784. The largest absolute Gasteiger partial charge is 0.381 e. The summed E-state index contributed by atoms with van der Waals surface area (Å²) >= 11 is 0. The number of nitrogens with zero attached hydrogens (tertiary/aromatic N) is 5. The first-order valence-corrected chi connectivity index (χ1v) is 12.3. The van der Waals surface area contributed by atoms with Gasteiger partial charge >= 0.3 is 0 Å². The molecule has 1 unspecified atom stereocenters. The van der Waals surface area contributed by atoms with Crippen molar-refractivity contribution in [2.24, 2.45) is 0 Å². The molecule has 1 atom stereocenters. The molecule has 0 N–H and O–H groups in total. The molecule has 8 heteroatoms. The third kappa shape index (κ3) is 3.74. The van der Waals surface area contributed by atoms with Crippen LogP contribution in [0, 0.1) is 0 Å². The Morgan fingerprint density at radius 3 is 2.79 bits per heavy atom. The predicted octanol–water partition coefficient (Wildman–Crippen LogP) is 3.90. The number of benzene rings is 1. The van der Waals surface area contributed by atoms with Gasteiger partial charge < -0.3 is 14.5 Å². The quantitative estimate of drug-likeness (QED) is 0.590. The fourth-order valence-electron chi connectivity index (χ4n) is 5.63. The number of amides is 1. The number of carbonyl (C=O) groups excluding carboxylic acids is 1. The fourth-order valence-corrected chi connectivity index (χ4v) is 5.63. The lowest BCUT2D eigenvalue weighted by molar-refractivity contribution is -0.129. The van der Waals surface area contributed by atoms with Crippen molar-refractivity contribution in [1.82, 2.24) is 19.7 Å². The van der Waals surface area contributed by atoms with Crippen molar-refractivity contribution in [3.63, 3.8) is 0 Å². The van der Waals surface area contributed by atoms with Crippen LogP contribution >= 0.6 is 0 Å². The van der Waals surface area contributed by atoms with Crippen LogP contribution in [-0.2, 0) is 22.5 Å². The van der Waals surface area contributed by atoms with Crippen molar-refractivity contribution in [2.45, 2.75) is 51.4 Å². The zero-order valence-corrected chi connectivity index (χ0v) is 19.5. The van der Waals surface area contributed by atoms with Crippen molar-refractivity contribution in [2.75, 3.05) is 37.7 Å². The maximum Gasteiger partial charge on any atom is 0.219 e. The Bertz CT molecular complexity index is 1240. The topological polar surface area (TPSA) is 63.5 Å². The highest BCUT2D eigenvalue weighted by atomic mass is 19.1. The molecule has 0 spiro atoms. The molecular formula is C26H30FN5O2. The van der Waals surface area contributed by atoms with Gasteiger partial charge in [-0.15, -0.1) is 0 Å². The van der Waals surface area contributed by atoms with Crippen LogP contribution in [0.15, 0.2) is 30.5 Å². The van der Waals surface area contributed by atoms with E-state index in [0.717, 1.165) is 72.4 Å². The number of hydrogen-bond donors (Lipinski definition) is 0. The first-order valence-electron chi connectivity index (χ1n) is 12.3. The van der Waals surface area contributed by atoms with Crippen LogP contribution in [0.1, 0.15) is 43.5 Å². The number of hydrogen-bond acceptors (Lipinski definition) is 5. The van der Waals surface area contributed by atoms with Crippen LogP contribution in [0.3, 0.4) is 0 Å². The van der Waals surface area contributed by atoms with Gasteiger partial charge in [-0.25, -0.2) is 9.37 Å². The van der Waals surface area contributed by atoms with E-state index in [1.807, 2.05) is 16.0 Å². The van der Waals surface area contributed by atoms with Gasteiger partial charge in [0.2, 0.25) is 5.91 Å². The first kappa shape index (κ1) is 21.5. The molecule has 0 radical (unpaired) electrons. The lowest BCUT2D eigenvalue weighted by Gasteiger charge is -2.29. The number of ether oxygens (including phenoxy) is 1. The molecule has 2 fully saturated rings. The summed E-state index contributed by atoms with van der Waals surface area (Å²) in [6.07, 6.45) is 4.39. The number of rotatable bonds is 3. The van der Waals surface area contributed by atoms with Gasteiger partial charge in [0.25, 0.3) is 0 Å². The second kappa shape index (κ2) is 8.65. The lowest BCUT2D eigenvalue weighted by Crippen LogP contribution is -2.35. The van der Waals surface area contributed by atoms with Gasteiger partial charge in [0.15, 0.2) is 0 Å². The van der Waals surface area contributed by atoms with Crippen molar-refractivity contribution in [3.8, 4) is 11.3 Å². The number of anilines is 1. The molecule has 3 aliphatic heterocycles. The number of alkyl halides is 1. The Kier molecular flexibility index (Phi) is 5.48. The second-order valence-electron chi connectivity index (χ2n) is 9.65. The van der Waals surface area contributed by atoms with Gasteiger partial charge in [-0.05, 0) is 30.7 Å². The summed E-state index contributed by atoms with van der Waals surface area (Å²) in [5, 5.41) is 7.27. The van der Waals surface area contributed by atoms with Crippen molar-refractivity contribution >= 4 is 22.5 Å². The first-order chi connectivity index (χ1) is 16.6. The normalized spacial score (nSPS) is 21.3. The lowest BCUT2D eigenvalue weighted by atomic mass is 9.97. The smallest absolute Gasteiger partial charge is 0.219 e. The van der Waals surface area contributed by atoms with E-state index in [1.54, 1.807) is 6.92 Å². The van der Waals surface area contributed by atoms with Gasteiger partial charge in [-0.1, -0.05) is 18.2 Å². The molecule has 0 saturated carbocycles. The van der Waals surface area contributed by atoms with Crippen molar-refractivity contribution in [3.05, 3.63) is 41.7 Å². The van der Waals surface area contributed by atoms with E-state index in [4.69, 9.17) is 14.8 Å². The Labute approximate surface area is 198 Å². The summed E-state index contributed by atoms with van der Waals surface area (Å²) in [5.41, 5.74) is 4.36. The van der Waals surface area contributed by atoms with E-state index in [0.29, 0.717) is 32.1 Å². The molecule has 3 aromatic rings. The highest BCUT2D eigenvalue weighted by Gasteiger charge is 2.31. The van der Waals surface area contributed by atoms with Gasteiger partial charge in [0, 0.05) is 74.6 Å². The standard InChI is InChI=1S/C26H30FN5O2/c1-17(33)30-10-6-24-23(16-30)26(29-32(24)20-7-11-34-12-8-20)21-4-2-3-18-13-25(28-14-22(18)21)31-9-5-19(27)15-31/h2-4,13-14,19-20H,5-12,15-16H2,1H3. The van der Waals surface area contributed by atoms with Crippen molar-refractivity contribution in [1.29, 1.82) is 0 Å². The summed E-state index contributed by atoms with van der Waals surface area (Å²) in [6.45, 7) is 5.55. The maximum absolute atomic E-state index is 13.7. The third-order valence-electron chi connectivity index (χ3n) is 7.53. The van der Waals surface area contributed by atoms with Gasteiger partial charge in [0.05, 0.1) is 18.3 Å². The molecule has 5 heterocycles. The van der Waals surface area contributed by atoms with Crippen LogP contribution < -0.4 is 4.90 Å². The molecule has 178 valence electrons. The summed E-state index contributed by atoms with van der Waals surface area (Å²) < 4.78 is 21.6. The molecule has 1 aromatic carbocycles. The van der Waals surface area contributed by atoms with Crippen LogP contribution in [-0.4, -0.2) is 64.6 Å². The SMILES string of the molecule is CC(=O)N1CCc2c(c(-c3cccc4cc(N5CCC(F)C5)ncc34)nn2C2CCOCC2)C1. The highest BCUT2D eigenvalue weighted by Crippen LogP contribution is 2.37. The molecule has 2 saturated heterocycles. The number of pyridine rings is 1. The molecule has 0 aliphatic carbocycles. The average molecular weight is 464 g/mol. The molecule has 3 aliphatic rings. The van der Waals surface area contributed by atoms with Crippen LogP contribution in [0.25, 0.3) is 22.0 Å². The van der Waals surface area contributed by atoms with Gasteiger partial charge in [-0.2, -0.15) is 5.10 Å². The Hall–Kier alpha value is -3.00. The molecule has 2 aromatic heterocycles. The van der Waals surface area contributed by atoms with Crippen molar-refractivity contribution < 1.29 is 13.9 Å². The number of fused-ring (bicyclic) bond motifs is 2. The Morgan fingerprint density at radius 2 is 2.03 bits per heavy atom. The summed E-state index contributed by atoms with van der Waals surface area (Å²) in [5.74, 6) is 0.916. The summed E-state index contributed by atoms with van der Waals surface area (Å²) in [7, 11) is 0. The summed E-state index contributed by atoms with van der Waals surface area (Å²) in [6, 6.07) is 8.61. The maximum atomic E-state index is 13.7. The van der Waals surface area contributed by atoms with E-state index in [9.17, 15) is 9.18 Å². The van der Waals surface area contributed by atoms with Crippen LogP contribution in [0.4, 0.5) is 10.2 Å². The van der Waals surface area contributed by atoms with E-state index < -0.39 is 6.17 Å². The zero-order valence-electron chi connectivity index (χ0n) is 19.5. The minimum Gasteiger partial charge on any atom is -0.381 e. The molecular weight excluding hydrogens is 433 g/mol. The van der Waals surface area contributed by atoms with Crippen LogP contribution in [0.2, 0.25) is 0 Å². The fraction of sp³-hybridized carbons (Fsp3) is 0.500. The van der Waals surface area contributed by atoms with Crippen LogP contribution in [0.5, 0.6) is 0 Å². The third-order valence-corrected chi connectivity index (χ3v) is 7.53. The predicted molar refractivity (Wildman–Crippen MR) is 129 cm³/mol. The second-order valence-corrected chi connectivity index (χ2v) is 9.65. The molecule has 6 rings (SSSR count). The minimum absolute atomic E-state index is 0.0939. The Balaban J connectivity index is 1.45. The molecule has 1 amide bonds. The molecule has 0 bridgehead atoms.